The van der Waals surface area contributed by atoms with E-state index in [-0.39, 0.29) is 15.8 Å². The summed E-state index contributed by atoms with van der Waals surface area (Å²) in [5.41, 5.74) is 1.21. The van der Waals surface area contributed by atoms with Gasteiger partial charge in [-0.2, -0.15) is 0 Å². The Kier molecular flexibility index (Phi) is 6.62. The van der Waals surface area contributed by atoms with Crippen LogP contribution in [0.25, 0.3) is 0 Å². The van der Waals surface area contributed by atoms with Crippen LogP contribution in [0.4, 0.5) is 5.69 Å². The van der Waals surface area contributed by atoms with Crippen molar-refractivity contribution in [3.63, 3.8) is 0 Å². The normalized spacial score (nSPS) is 20.3. The maximum atomic E-state index is 13.2. The molecule has 33 heavy (non-hydrogen) atoms. The lowest BCUT2D eigenvalue weighted by atomic mass is 9.86. The molecule has 0 radical (unpaired) electrons. The minimum atomic E-state index is -1.26. The number of carboxylic acids is 1. The number of amides is 2. The number of rotatable bonds is 6. The van der Waals surface area contributed by atoms with Gasteiger partial charge in [0.15, 0.2) is 5.11 Å². The minimum Gasteiger partial charge on any atom is -0.477 e. The van der Waals surface area contributed by atoms with Gasteiger partial charge in [0.2, 0.25) is 5.91 Å². The van der Waals surface area contributed by atoms with Crippen molar-refractivity contribution in [1.29, 1.82) is 0 Å². The molecule has 0 saturated carbocycles. The first-order chi connectivity index (χ1) is 15.9. The minimum absolute atomic E-state index is 0.137. The second-order valence-corrected chi connectivity index (χ2v) is 8.53. The molecule has 0 spiro atoms. The number of carboxylic acid groups (broad SMARTS) is 1. The number of carbonyl (C=O) groups is 3. The summed E-state index contributed by atoms with van der Waals surface area (Å²) in [4.78, 5) is 38.7. The van der Waals surface area contributed by atoms with Crippen molar-refractivity contribution < 1.29 is 19.5 Å². The van der Waals surface area contributed by atoms with Crippen molar-refractivity contribution in [2.24, 2.45) is 0 Å². The van der Waals surface area contributed by atoms with Crippen molar-refractivity contribution in [2.75, 3.05) is 5.32 Å². The lowest BCUT2D eigenvalue weighted by Gasteiger charge is -2.49. The Hall–Kier alpha value is -3.43. The van der Waals surface area contributed by atoms with Crippen LogP contribution in [-0.4, -0.2) is 45.0 Å². The summed E-state index contributed by atoms with van der Waals surface area (Å²) in [7, 11) is 0. The zero-order valence-corrected chi connectivity index (χ0v) is 18.9. The lowest BCUT2D eigenvalue weighted by molar-refractivity contribution is -0.156. The first-order valence-electron chi connectivity index (χ1n) is 10.3. The standard InChI is InChI=1S/C23H21ClN4O4S/c24-15-11-12-16-18(21(30)28(16)19(15)22(31)32)26-20(29)17(13-7-3-1-4-8-13)27-23(33)25-14-9-5-2-6-10-14/h1-10,16-18H,11-12H2,(H,26,29)(H,31,32)(H2,25,27,33)/t16-,17-,18+/m1/s1. The predicted molar refractivity (Wildman–Crippen MR) is 127 cm³/mol. The molecule has 0 bridgehead atoms. The molecule has 2 aromatic rings. The molecule has 2 aliphatic rings. The van der Waals surface area contributed by atoms with E-state index in [0.29, 0.717) is 18.4 Å². The Bertz CT molecular complexity index is 1130. The van der Waals surface area contributed by atoms with Gasteiger partial charge in [-0.3, -0.25) is 14.5 Å². The Balaban J connectivity index is 1.49. The highest BCUT2D eigenvalue weighted by molar-refractivity contribution is 7.80. The molecule has 2 amide bonds. The molecule has 10 heteroatoms. The van der Waals surface area contributed by atoms with Crippen molar-refractivity contribution >= 4 is 52.4 Å². The summed E-state index contributed by atoms with van der Waals surface area (Å²) >= 11 is 11.4. The van der Waals surface area contributed by atoms with Crippen LogP contribution in [0.3, 0.4) is 0 Å². The maximum Gasteiger partial charge on any atom is 0.353 e. The van der Waals surface area contributed by atoms with Gasteiger partial charge in [-0.15, -0.1) is 0 Å². The Labute approximate surface area is 200 Å². The van der Waals surface area contributed by atoms with Gasteiger partial charge in [0, 0.05) is 10.7 Å². The SMILES string of the molecule is O=C(O)C1=C(Cl)CC[C@@H]2[C@H](NC(=O)[C@H](NC(=S)Nc3ccccc3)c3ccccc3)C(=O)N12. The average Bonchev–Trinajstić information content (AvgIpc) is 2.81. The van der Waals surface area contributed by atoms with Crippen LogP contribution < -0.4 is 16.0 Å². The molecule has 0 aromatic heterocycles. The number of nitrogens with one attached hydrogen (secondary N) is 3. The van der Waals surface area contributed by atoms with Gasteiger partial charge < -0.3 is 21.1 Å². The molecule has 1 fully saturated rings. The number of halogens is 1. The van der Waals surface area contributed by atoms with E-state index in [1.165, 1.54) is 0 Å². The highest BCUT2D eigenvalue weighted by Crippen LogP contribution is 2.38. The zero-order valence-electron chi connectivity index (χ0n) is 17.3. The molecule has 2 aromatic carbocycles. The molecule has 4 N–H and O–H groups in total. The van der Waals surface area contributed by atoms with Gasteiger partial charge in [0.1, 0.15) is 17.8 Å². The first-order valence-corrected chi connectivity index (χ1v) is 11.1. The molecule has 0 unspecified atom stereocenters. The van der Waals surface area contributed by atoms with E-state index in [1.807, 2.05) is 36.4 Å². The highest BCUT2D eigenvalue weighted by atomic mass is 35.5. The van der Waals surface area contributed by atoms with E-state index >= 15 is 0 Å². The molecule has 4 rings (SSSR count). The number of fused-ring (bicyclic) bond motifs is 1. The van der Waals surface area contributed by atoms with Crippen molar-refractivity contribution in [2.45, 2.75) is 31.0 Å². The van der Waals surface area contributed by atoms with Crippen LogP contribution in [0, 0.1) is 0 Å². The fraction of sp³-hybridized carbons (Fsp3) is 0.217. The molecule has 170 valence electrons. The molecule has 3 atom stereocenters. The van der Waals surface area contributed by atoms with E-state index in [4.69, 9.17) is 23.8 Å². The van der Waals surface area contributed by atoms with Crippen LogP contribution in [0.15, 0.2) is 71.4 Å². The quantitative estimate of drug-likeness (QED) is 0.368. The smallest absolute Gasteiger partial charge is 0.353 e. The summed E-state index contributed by atoms with van der Waals surface area (Å²) < 4.78 is 0. The molecule has 0 aliphatic carbocycles. The van der Waals surface area contributed by atoms with E-state index in [9.17, 15) is 19.5 Å². The van der Waals surface area contributed by atoms with E-state index in [1.54, 1.807) is 24.3 Å². The average molecular weight is 485 g/mol. The predicted octanol–water partition coefficient (Wildman–Crippen LogP) is 2.74. The van der Waals surface area contributed by atoms with Gasteiger partial charge in [-0.1, -0.05) is 60.1 Å². The second-order valence-electron chi connectivity index (χ2n) is 7.67. The number of β-lactam (4-membered cyclic amide) rings is 1. The number of allylic oxidation sites excluding steroid dienone is 1. The third kappa shape index (κ3) is 4.69. The van der Waals surface area contributed by atoms with Crippen molar-refractivity contribution in [3.05, 3.63) is 77.0 Å². The number of aliphatic carboxylic acids is 1. The molecular formula is C23H21ClN4O4S. The zero-order chi connectivity index (χ0) is 23.5. The maximum absolute atomic E-state index is 13.2. The van der Waals surface area contributed by atoms with Crippen LogP contribution in [-0.2, 0) is 14.4 Å². The molecule has 8 nitrogen and oxygen atoms in total. The van der Waals surface area contributed by atoms with E-state index in [0.717, 1.165) is 10.6 Å². The number of thiocarbonyl (C=S) groups is 1. The number of benzene rings is 2. The summed E-state index contributed by atoms with van der Waals surface area (Å²) in [5, 5.41) is 18.6. The Morgan fingerprint density at radius 3 is 2.36 bits per heavy atom. The highest BCUT2D eigenvalue weighted by Gasteiger charge is 2.53. The van der Waals surface area contributed by atoms with Crippen LogP contribution >= 0.6 is 23.8 Å². The van der Waals surface area contributed by atoms with Gasteiger partial charge in [0.25, 0.3) is 5.91 Å². The topological polar surface area (TPSA) is 111 Å². The second kappa shape index (κ2) is 9.60. The van der Waals surface area contributed by atoms with Gasteiger partial charge in [-0.05, 0) is 42.8 Å². The van der Waals surface area contributed by atoms with Crippen LogP contribution in [0.2, 0.25) is 0 Å². The fourth-order valence-electron chi connectivity index (χ4n) is 4.02. The summed E-state index contributed by atoms with van der Waals surface area (Å²) in [5.74, 6) is -2.21. The lowest BCUT2D eigenvalue weighted by Crippen LogP contribution is -2.72. The third-order valence-electron chi connectivity index (χ3n) is 5.58. The van der Waals surface area contributed by atoms with Crippen LogP contribution in [0.1, 0.15) is 24.4 Å². The van der Waals surface area contributed by atoms with Crippen molar-refractivity contribution in [1.82, 2.24) is 15.5 Å². The van der Waals surface area contributed by atoms with Gasteiger partial charge in [0.05, 0.1) is 6.04 Å². The molecule has 1 saturated heterocycles. The number of hydrogen-bond donors (Lipinski definition) is 4. The Morgan fingerprint density at radius 2 is 1.73 bits per heavy atom. The summed E-state index contributed by atoms with van der Waals surface area (Å²) in [6, 6.07) is 16.1. The fourth-order valence-corrected chi connectivity index (χ4v) is 4.54. The molecule has 2 aliphatic heterocycles. The number of anilines is 1. The molecular weight excluding hydrogens is 464 g/mol. The molecule has 2 heterocycles. The van der Waals surface area contributed by atoms with Crippen LogP contribution in [0.5, 0.6) is 0 Å². The largest absolute Gasteiger partial charge is 0.477 e. The number of para-hydroxylation sites is 1. The van der Waals surface area contributed by atoms with Gasteiger partial charge in [-0.25, -0.2) is 4.79 Å². The van der Waals surface area contributed by atoms with Crippen molar-refractivity contribution in [3.8, 4) is 0 Å². The number of carbonyl (C=O) groups excluding carboxylic acids is 2. The summed E-state index contributed by atoms with van der Waals surface area (Å²) in [6.45, 7) is 0. The third-order valence-corrected chi connectivity index (χ3v) is 6.17. The Morgan fingerprint density at radius 1 is 1.09 bits per heavy atom. The van der Waals surface area contributed by atoms with E-state index < -0.39 is 35.9 Å². The number of nitrogens with zero attached hydrogens (tertiary/aromatic N) is 1. The summed E-state index contributed by atoms with van der Waals surface area (Å²) in [6.07, 6.45) is 0.791. The van der Waals surface area contributed by atoms with Gasteiger partial charge >= 0.3 is 5.97 Å². The number of hydrogen-bond acceptors (Lipinski definition) is 4. The monoisotopic (exact) mass is 484 g/mol. The first kappa shape index (κ1) is 22.8. The van der Waals surface area contributed by atoms with E-state index in [2.05, 4.69) is 16.0 Å².